The molecule has 1 aromatic carbocycles. The Morgan fingerprint density at radius 2 is 1.90 bits per heavy atom. The summed E-state index contributed by atoms with van der Waals surface area (Å²) in [6, 6.07) is 10.4. The molecule has 110 valence electrons. The van der Waals surface area contributed by atoms with Crippen LogP contribution in [0.4, 0.5) is 0 Å². The Morgan fingerprint density at radius 1 is 1.10 bits per heavy atom. The van der Waals surface area contributed by atoms with Crippen LogP contribution in [0.25, 0.3) is 0 Å². The van der Waals surface area contributed by atoms with E-state index in [0.29, 0.717) is 6.04 Å². The van der Waals surface area contributed by atoms with Gasteiger partial charge in [0.2, 0.25) is 0 Å². The molecular formula is C18H28N2. The standard InChI is InChI=1S/C18H28N2/c1-20(16-9-3-4-10-16)14-13-19-18-12-6-8-15-7-2-5-11-17(15)18/h2,5,7,11,16,18-19H,3-4,6,8-10,12-14H2,1H3. The fraction of sp³-hybridized carbons (Fsp3) is 0.667. The highest BCUT2D eigenvalue weighted by Gasteiger charge is 2.21. The van der Waals surface area contributed by atoms with Gasteiger partial charge in [-0.3, -0.25) is 0 Å². The van der Waals surface area contributed by atoms with E-state index in [1.54, 1.807) is 11.1 Å². The number of rotatable bonds is 5. The molecule has 1 aromatic rings. The van der Waals surface area contributed by atoms with Gasteiger partial charge in [0.25, 0.3) is 0 Å². The number of benzene rings is 1. The number of fused-ring (bicyclic) bond motifs is 1. The van der Waals surface area contributed by atoms with E-state index in [9.17, 15) is 0 Å². The number of hydrogen-bond acceptors (Lipinski definition) is 2. The number of nitrogens with one attached hydrogen (secondary N) is 1. The first-order valence-corrected chi connectivity index (χ1v) is 8.36. The predicted octanol–water partition coefficient (Wildman–Crippen LogP) is 3.53. The van der Waals surface area contributed by atoms with Gasteiger partial charge in [0.1, 0.15) is 0 Å². The van der Waals surface area contributed by atoms with E-state index < -0.39 is 0 Å². The lowest BCUT2D eigenvalue weighted by Crippen LogP contribution is -2.37. The average molecular weight is 272 g/mol. The molecule has 1 unspecified atom stereocenters. The van der Waals surface area contributed by atoms with Crippen LogP contribution in [0.1, 0.15) is 55.7 Å². The molecule has 2 nitrogen and oxygen atoms in total. The highest BCUT2D eigenvalue weighted by Crippen LogP contribution is 2.29. The van der Waals surface area contributed by atoms with Gasteiger partial charge in [-0.1, -0.05) is 37.1 Å². The largest absolute Gasteiger partial charge is 0.309 e. The lowest BCUT2D eigenvalue weighted by molar-refractivity contribution is 0.240. The summed E-state index contributed by atoms with van der Waals surface area (Å²) in [6.07, 6.45) is 9.55. The second kappa shape index (κ2) is 6.73. The van der Waals surface area contributed by atoms with E-state index in [-0.39, 0.29) is 0 Å². The van der Waals surface area contributed by atoms with E-state index in [4.69, 9.17) is 0 Å². The SMILES string of the molecule is CN(CCNC1CCCc2ccccc21)C1CCCC1. The molecule has 0 amide bonds. The van der Waals surface area contributed by atoms with Gasteiger partial charge in [0, 0.05) is 25.2 Å². The quantitative estimate of drug-likeness (QED) is 0.882. The Kier molecular flexibility index (Phi) is 4.74. The molecule has 1 atom stereocenters. The molecule has 3 rings (SSSR count). The van der Waals surface area contributed by atoms with Gasteiger partial charge in [-0.15, -0.1) is 0 Å². The minimum atomic E-state index is 0.580. The Labute approximate surface area is 123 Å². The van der Waals surface area contributed by atoms with Crippen LogP contribution >= 0.6 is 0 Å². The molecule has 0 aliphatic heterocycles. The zero-order valence-electron chi connectivity index (χ0n) is 12.8. The van der Waals surface area contributed by atoms with Crippen LogP contribution in [0.2, 0.25) is 0 Å². The van der Waals surface area contributed by atoms with Crippen molar-refractivity contribution in [1.82, 2.24) is 10.2 Å². The number of hydrogen-bond donors (Lipinski definition) is 1. The zero-order chi connectivity index (χ0) is 13.8. The fourth-order valence-electron chi connectivity index (χ4n) is 3.91. The predicted molar refractivity (Wildman–Crippen MR) is 85.0 cm³/mol. The number of aryl methyl sites for hydroxylation is 1. The summed E-state index contributed by atoms with van der Waals surface area (Å²) < 4.78 is 0. The highest BCUT2D eigenvalue weighted by molar-refractivity contribution is 5.32. The third-order valence-corrected chi connectivity index (χ3v) is 5.17. The van der Waals surface area contributed by atoms with Crippen molar-refractivity contribution in [2.24, 2.45) is 0 Å². The second-order valence-corrected chi connectivity index (χ2v) is 6.52. The Hall–Kier alpha value is -0.860. The molecule has 0 saturated heterocycles. The van der Waals surface area contributed by atoms with E-state index in [1.807, 2.05) is 0 Å². The summed E-state index contributed by atoms with van der Waals surface area (Å²) in [5.41, 5.74) is 3.10. The first-order valence-electron chi connectivity index (χ1n) is 8.36. The molecule has 1 saturated carbocycles. The molecule has 0 aromatic heterocycles. The molecule has 1 N–H and O–H groups in total. The Balaban J connectivity index is 1.49. The third-order valence-electron chi connectivity index (χ3n) is 5.17. The minimum absolute atomic E-state index is 0.580. The van der Waals surface area contributed by atoms with Crippen molar-refractivity contribution < 1.29 is 0 Å². The lowest BCUT2D eigenvalue weighted by Gasteiger charge is -2.29. The third kappa shape index (κ3) is 3.24. The maximum atomic E-state index is 3.79. The first kappa shape index (κ1) is 14.1. The number of nitrogens with zero attached hydrogens (tertiary/aromatic N) is 1. The van der Waals surface area contributed by atoms with Crippen LogP contribution in [-0.2, 0) is 6.42 Å². The average Bonchev–Trinajstić information content (AvgIpc) is 3.02. The molecule has 2 heteroatoms. The molecule has 0 heterocycles. The van der Waals surface area contributed by atoms with E-state index >= 15 is 0 Å². The van der Waals surface area contributed by atoms with Crippen molar-refractivity contribution in [3.63, 3.8) is 0 Å². The van der Waals surface area contributed by atoms with Gasteiger partial charge in [-0.25, -0.2) is 0 Å². The summed E-state index contributed by atoms with van der Waals surface area (Å²) in [5, 5.41) is 3.79. The smallest absolute Gasteiger partial charge is 0.0323 e. The summed E-state index contributed by atoms with van der Waals surface area (Å²) in [4.78, 5) is 2.56. The van der Waals surface area contributed by atoms with Crippen molar-refractivity contribution in [3.8, 4) is 0 Å². The van der Waals surface area contributed by atoms with E-state index in [0.717, 1.165) is 12.6 Å². The van der Waals surface area contributed by atoms with Crippen LogP contribution in [-0.4, -0.2) is 31.1 Å². The maximum Gasteiger partial charge on any atom is 0.0323 e. The highest BCUT2D eigenvalue weighted by atomic mass is 15.1. The monoisotopic (exact) mass is 272 g/mol. The van der Waals surface area contributed by atoms with Crippen molar-refractivity contribution in [3.05, 3.63) is 35.4 Å². The van der Waals surface area contributed by atoms with Gasteiger partial charge in [-0.05, 0) is 50.3 Å². The van der Waals surface area contributed by atoms with Crippen LogP contribution in [0.15, 0.2) is 24.3 Å². The molecule has 20 heavy (non-hydrogen) atoms. The normalized spacial score (nSPS) is 23.2. The number of likely N-dealkylation sites (N-methyl/N-ethyl adjacent to an activating group) is 1. The van der Waals surface area contributed by atoms with Crippen molar-refractivity contribution >= 4 is 0 Å². The molecule has 1 fully saturated rings. The second-order valence-electron chi connectivity index (χ2n) is 6.52. The fourth-order valence-corrected chi connectivity index (χ4v) is 3.91. The topological polar surface area (TPSA) is 15.3 Å². The van der Waals surface area contributed by atoms with Crippen LogP contribution in [0.3, 0.4) is 0 Å². The summed E-state index contributed by atoms with van der Waals surface area (Å²) in [7, 11) is 2.30. The van der Waals surface area contributed by atoms with Crippen LogP contribution in [0, 0.1) is 0 Å². The first-order chi connectivity index (χ1) is 9.84. The van der Waals surface area contributed by atoms with E-state index in [1.165, 1.54) is 51.5 Å². The van der Waals surface area contributed by atoms with Crippen molar-refractivity contribution in [1.29, 1.82) is 0 Å². The van der Waals surface area contributed by atoms with Gasteiger partial charge in [0.15, 0.2) is 0 Å². The van der Waals surface area contributed by atoms with Crippen molar-refractivity contribution in [2.75, 3.05) is 20.1 Å². The van der Waals surface area contributed by atoms with Crippen LogP contribution < -0.4 is 5.32 Å². The molecule has 0 radical (unpaired) electrons. The summed E-state index contributed by atoms with van der Waals surface area (Å²) >= 11 is 0. The zero-order valence-corrected chi connectivity index (χ0v) is 12.8. The maximum absolute atomic E-state index is 3.79. The summed E-state index contributed by atoms with van der Waals surface area (Å²) in [5.74, 6) is 0. The molecule has 0 spiro atoms. The van der Waals surface area contributed by atoms with Gasteiger partial charge >= 0.3 is 0 Å². The molecular weight excluding hydrogens is 244 g/mol. The Morgan fingerprint density at radius 3 is 2.75 bits per heavy atom. The minimum Gasteiger partial charge on any atom is -0.309 e. The molecule has 2 aliphatic carbocycles. The van der Waals surface area contributed by atoms with Gasteiger partial charge < -0.3 is 10.2 Å². The van der Waals surface area contributed by atoms with Gasteiger partial charge in [-0.2, -0.15) is 0 Å². The Bertz CT molecular complexity index is 423. The van der Waals surface area contributed by atoms with Gasteiger partial charge in [0.05, 0.1) is 0 Å². The molecule has 2 aliphatic rings. The van der Waals surface area contributed by atoms with Crippen molar-refractivity contribution in [2.45, 2.75) is 57.0 Å². The van der Waals surface area contributed by atoms with Crippen LogP contribution in [0.5, 0.6) is 0 Å². The molecule has 0 bridgehead atoms. The van der Waals surface area contributed by atoms with E-state index in [2.05, 4.69) is 41.5 Å². The summed E-state index contributed by atoms with van der Waals surface area (Å²) in [6.45, 7) is 2.30. The lowest BCUT2D eigenvalue weighted by atomic mass is 9.88.